The quantitative estimate of drug-likeness (QED) is 0.0740. The van der Waals surface area contributed by atoms with Crippen molar-refractivity contribution >= 4 is 64.2 Å². The van der Waals surface area contributed by atoms with Crippen LogP contribution in [0.15, 0.2) is 42.5 Å². The molecule has 4 aromatic rings. The van der Waals surface area contributed by atoms with E-state index in [2.05, 4.69) is 20.0 Å². The molecule has 0 amide bonds. The first kappa shape index (κ1) is 33.8. The van der Waals surface area contributed by atoms with Crippen LogP contribution in [0.3, 0.4) is 0 Å². The predicted octanol–water partition coefficient (Wildman–Crippen LogP) is 3.85. The van der Waals surface area contributed by atoms with Crippen molar-refractivity contribution in [3.05, 3.63) is 46.3 Å². The number of fused-ring (bicyclic) bond motifs is 2. The van der Waals surface area contributed by atoms with Gasteiger partial charge in [0, 0.05) is 28.0 Å². The van der Waals surface area contributed by atoms with Gasteiger partial charge in [-0.05, 0) is 51.0 Å². The zero-order valence-corrected chi connectivity index (χ0v) is 29.0. The first-order chi connectivity index (χ1) is 22.4. The van der Waals surface area contributed by atoms with E-state index in [9.17, 15) is 19.6 Å². The van der Waals surface area contributed by atoms with Crippen LogP contribution in [0.1, 0.15) is 45.8 Å². The number of methoxy groups -OCH3 is 1. The second-order valence-corrected chi connectivity index (χ2v) is 14.4. The maximum atomic E-state index is 14.4. The normalized spacial score (nSPS) is 25.2. The molecule has 3 heterocycles. The lowest BCUT2D eigenvalue weighted by Crippen LogP contribution is -2.45. The van der Waals surface area contributed by atoms with E-state index in [4.69, 9.17) is 29.0 Å². The summed E-state index contributed by atoms with van der Waals surface area (Å²) < 4.78 is 45.2. The number of esters is 1. The van der Waals surface area contributed by atoms with Crippen LogP contribution in [0.4, 0.5) is 5.95 Å². The number of imidazole rings is 1. The molecule has 2 fully saturated rings. The lowest BCUT2D eigenvalue weighted by Gasteiger charge is -2.28. The Labute approximate surface area is 283 Å². The van der Waals surface area contributed by atoms with Gasteiger partial charge in [0.25, 0.3) is 0 Å². The van der Waals surface area contributed by atoms with Crippen molar-refractivity contribution in [3.8, 4) is 11.6 Å². The number of nitrogens with zero attached hydrogens (tertiary/aromatic N) is 4. The van der Waals surface area contributed by atoms with E-state index in [1.165, 1.54) is 25.5 Å². The molecule has 1 unspecified atom stereocenters. The van der Waals surface area contributed by atoms with E-state index in [-0.39, 0.29) is 34.8 Å². The van der Waals surface area contributed by atoms with Gasteiger partial charge in [-0.25, -0.2) is 9.55 Å². The Morgan fingerprint density at radius 3 is 2.68 bits per heavy atom. The third kappa shape index (κ3) is 6.77. The Hall–Kier alpha value is -3.12. The lowest BCUT2D eigenvalue weighted by molar-refractivity contribution is -0.150. The highest BCUT2D eigenvalue weighted by atomic mass is 127. The van der Waals surface area contributed by atoms with E-state index in [0.29, 0.717) is 9.22 Å². The molecule has 1 aliphatic heterocycles. The molecule has 17 heteroatoms. The van der Waals surface area contributed by atoms with Crippen molar-refractivity contribution in [2.24, 2.45) is 0 Å². The molecule has 6 rings (SSSR count). The first-order valence-corrected chi connectivity index (χ1v) is 17.7. The Morgan fingerprint density at radius 1 is 1.21 bits per heavy atom. The van der Waals surface area contributed by atoms with Gasteiger partial charge >= 0.3 is 13.7 Å². The number of aliphatic hydroxyl groups is 2. The van der Waals surface area contributed by atoms with E-state index in [1.54, 1.807) is 18.2 Å². The SMILES string of the molecule is COc1nc(N)nc2c1nc(I)n2[C@@H]1O[C@H](COP(=O)(N[C@@H](C)C(=O)OC2CCCC2)Oc2cccc3ccccc23)[C@@H](O)[C@@]1(C)O. The van der Waals surface area contributed by atoms with Crippen molar-refractivity contribution in [1.82, 2.24) is 24.6 Å². The second-order valence-electron chi connectivity index (χ2n) is 11.8. The zero-order chi connectivity index (χ0) is 33.5. The number of aromatic nitrogens is 4. The molecule has 0 radical (unpaired) electrons. The van der Waals surface area contributed by atoms with E-state index in [1.807, 2.05) is 46.9 Å². The third-order valence-electron chi connectivity index (χ3n) is 8.33. The van der Waals surface area contributed by atoms with E-state index in [0.717, 1.165) is 31.1 Å². The van der Waals surface area contributed by atoms with Gasteiger partial charge in [-0.15, -0.1) is 0 Å². The van der Waals surface area contributed by atoms with Crippen LogP contribution in [0.5, 0.6) is 11.6 Å². The smallest absolute Gasteiger partial charge is 0.459 e. The number of anilines is 1. The van der Waals surface area contributed by atoms with E-state index >= 15 is 0 Å². The number of hydrogen-bond acceptors (Lipinski definition) is 13. The van der Waals surface area contributed by atoms with Crippen molar-refractivity contribution < 1.29 is 42.8 Å². The van der Waals surface area contributed by atoms with Gasteiger partial charge in [0.2, 0.25) is 11.8 Å². The second kappa shape index (κ2) is 13.4. The zero-order valence-electron chi connectivity index (χ0n) is 25.9. The number of nitrogen functional groups attached to an aromatic ring is 1. The molecule has 2 aromatic carbocycles. The monoisotopic (exact) mass is 782 g/mol. The van der Waals surface area contributed by atoms with Gasteiger partial charge in [0.05, 0.1) is 13.7 Å². The molecular weight excluding hydrogens is 746 g/mol. The van der Waals surface area contributed by atoms with Crippen molar-refractivity contribution in [1.29, 1.82) is 0 Å². The van der Waals surface area contributed by atoms with Crippen LogP contribution in [0.2, 0.25) is 0 Å². The molecule has 47 heavy (non-hydrogen) atoms. The molecule has 1 saturated carbocycles. The number of hydrogen-bond donors (Lipinski definition) is 4. The largest absolute Gasteiger partial charge is 0.479 e. The minimum atomic E-state index is -4.36. The summed E-state index contributed by atoms with van der Waals surface area (Å²) in [6.45, 7) is 2.39. The molecule has 252 valence electrons. The van der Waals surface area contributed by atoms with Gasteiger partial charge < -0.3 is 34.7 Å². The van der Waals surface area contributed by atoms with Gasteiger partial charge in [0.15, 0.2) is 21.2 Å². The van der Waals surface area contributed by atoms with Gasteiger partial charge in [-0.3, -0.25) is 13.9 Å². The summed E-state index contributed by atoms with van der Waals surface area (Å²) in [5.74, 6) is -0.317. The standard InChI is InChI=1S/C30H36IN6O9P/c1-16(26(39)44-18-11-5-6-12-18)36-47(41,46-20-14-8-10-17-9-4-7-13-19(17)20)43-15-21-23(38)30(2,40)27(45-21)37-24-22(33-28(37)31)25(42-3)35-29(32)34-24/h4,7-10,13-14,16,18,21,23,27,38,40H,5-6,11-12,15H2,1-3H3,(H,36,41)(H2,32,34,35)/t16-,21+,23+,27+,30+,47?/m0/s1. The molecule has 0 spiro atoms. The number of ether oxygens (including phenoxy) is 3. The summed E-state index contributed by atoms with van der Waals surface area (Å²) in [5, 5.41) is 27.0. The summed E-state index contributed by atoms with van der Waals surface area (Å²) in [6, 6.07) is 11.6. The van der Waals surface area contributed by atoms with E-state index < -0.39 is 50.4 Å². The Bertz CT molecular complexity index is 1830. The van der Waals surface area contributed by atoms with Gasteiger partial charge in [0.1, 0.15) is 35.7 Å². The number of carbonyl (C=O) groups is 1. The van der Waals surface area contributed by atoms with Crippen molar-refractivity contribution in [2.75, 3.05) is 19.5 Å². The fourth-order valence-electron chi connectivity index (χ4n) is 5.87. The number of aliphatic hydroxyl groups excluding tert-OH is 1. The number of nitrogens with two attached hydrogens (primary N) is 1. The number of nitrogens with one attached hydrogen (secondary N) is 1. The third-order valence-corrected chi connectivity index (χ3v) is 10.7. The molecule has 1 aliphatic carbocycles. The van der Waals surface area contributed by atoms with Crippen LogP contribution in [-0.2, 0) is 23.4 Å². The highest BCUT2D eigenvalue weighted by Crippen LogP contribution is 2.49. The fourth-order valence-corrected chi connectivity index (χ4v) is 8.11. The van der Waals surface area contributed by atoms with Crippen LogP contribution < -0.4 is 20.1 Å². The molecule has 15 nitrogen and oxygen atoms in total. The molecule has 1 saturated heterocycles. The predicted molar refractivity (Wildman–Crippen MR) is 179 cm³/mol. The minimum absolute atomic E-state index is 0.0943. The first-order valence-electron chi connectivity index (χ1n) is 15.1. The fraction of sp³-hybridized carbons (Fsp3) is 0.467. The summed E-state index contributed by atoms with van der Waals surface area (Å²) in [6.07, 6.45) is -0.678. The molecule has 0 bridgehead atoms. The van der Waals surface area contributed by atoms with Gasteiger partial charge in [-0.2, -0.15) is 15.1 Å². The van der Waals surface area contributed by atoms with Crippen LogP contribution in [-0.4, -0.2) is 79.4 Å². The summed E-state index contributed by atoms with van der Waals surface area (Å²) in [7, 11) is -2.95. The summed E-state index contributed by atoms with van der Waals surface area (Å²) in [5.41, 5.74) is 4.47. The van der Waals surface area contributed by atoms with Crippen LogP contribution in [0, 0.1) is 3.83 Å². The minimum Gasteiger partial charge on any atom is -0.479 e. The molecule has 5 N–H and O–H groups in total. The van der Waals surface area contributed by atoms with Crippen molar-refractivity contribution in [2.45, 2.75) is 75.7 Å². The highest BCUT2D eigenvalue weighted by Gasteiger charge is 2.55. The average molecular weight is 783 g/mol. The Kier molecular flexibility index (Phi) is 9.64. The lowest BCUT2D eigenvalue weighted by atomic mass is 9.96. The Morgan fingerprint density at radius 2 is 1.94 bits per heavy atom. The number of halogens is 1. The number of carbonyl (C=O) groups excluding carboxylic acids is 1. The topological polar surface area (TPSA) is 202 Å². The molecule has 2 aliphatic rings. The van der Waals surface area contributed by atoms with Gasteiger partial charge in [-0.1, -0.05) is 36.4 Å². The summed E-state index contributed by atoms with van der Waals surface area (Å²) in [4.78, 5) is 25.7. The number of rotatable bonds is 11. The molecule has 2 aromatic heterocycles. The maximum Gasteiger partial charge on any atom is 0.459 e. The summed E-state index contributed by atoms with van der Waals surface area (Å²) >= 11 is 1.93. The Balaban J connectivity index is 1.27. The maximum absolute atomic E-state index is 14.4. The van der Waals surface area contributed by atoms with Crippen LogP contribution >= 0.6 is 30.3 Å². The molecular formula is C30H36IN6O9P. The number of benzene rings is 2. The average Bonchev–Trinajstić information content (AvgIpc) is 3.72. The molecule has 6 atom stereocenters. The van der Waals surface area contributed by atoms with Crippen LogP contribution in [0.25, 0.3) is 21.9 Å². The van der Waals surface area contributed by atoms with Crippen molar-refractivity contribution in [3.63, 3.8) is 0 Å². The highest BCUT2D eigenvalue weighted by molar-refractivity contribution is 14.1.